The summed E-state index contributed by atoms with van der Waals surface area (Å²) in [6.07, 6.45) is 2.76. The molecular formula is C27H38N2O3S. The Hall–Kier alpha value is -2.18. The Morgan fingerprint density at radius 3 is 2.39 bits per heavy atom. The van der Waals surface area contributed by atoms with Crippen LogP contribution in [0.25, 0.3) is 0 Å². The Balaban J connectivity index is 1.53. The number of hydrogen-bond acceptors (Lipinski definition) is 3. The molecule has 5 nitrogen and oxygen atoms in total. The van der Waals surface area contributed by atoms with E-state index in [1.54, 1.807) is 0 Å². The first-order valence-corrected chi connectivity index (χ1v) is 13.6. The predicted octanol–water partition coefficient (Wildman–Crippen LogP) is 4.84. The van der Waals surface area contributed by atoms with Crippen LogP contribution in [0.3, 0.4) is 0 Å². The van der Waals surface area contributed by atoms with E-state index >= 15 is 0 Å². The zero-order valence-corrected chi connectivity index (χ0v) is 21.2. The maximum atomic E-state index is 12.9. The van der Waals surface area contributed by atoms with Crippen LogP contribution in [0.15, 0.2) is 54.6 Å². The Labute approximate surface area is 199 Å². The summed E-state index contributed by atoms with van der Waals surface area (Å²) in [4.78, 5) is 12.9. The monoisotopic (exact) mass is 470 g/mol. The Bertz CT molecular complexity index is 1010. The first-order valence-electron chi connectivity index (χ1n) is 12.0. The maximum absolute atomic E-state index is 12.9. The van der Waals surface area contributed by atoms with Gasteiger partial charge in [-0.25, -0.2) is 12.7 Å². The number of aryl methyl sites for hydroxylation is 1. The number of sulfonamides is 1. The molecule has 1 N–H and O–H groups in total. The molecule has 0 aromatic heterocycles. The van der Waals surface area contributed by atoms with Crippen molar-refractivity contribution in [2.24, 2.45) is 5.92 Å². The third kappa shape index (κ3) is 7.15. The van der Waals surface area contributed by atoms with Gasteiger partial charge in [-0.2, -0.15) is 0 Å². The number of amides is 1. The Morgan fingerprint density at radius 2 is 1.76 bits per heavy atom. The first kappa shape index (κ1) is 25.4. The molecule has 0 radical (unpaired) electrons. The molecule has 2 aromatic rings. The highest BCUT2D eigenvalue weighted by Crippen LogP contribution is 2.25. The number of rotatable bonds is 8. The van der Waals surface area contributed by atoms with Crippen LogP contribution in [0.5, 0.6) is 0 Å². The van der Waals surface area contributed by atoms with Crippen LogP contribution < -0.4 is 5.32 Å². The zero-order valence-electron chi connectivity index (χ0n) is 20.4. The molecule has 0 saturated carbocycles. The van der Waals surface area contributed by atoms with Gasteiger partial charge in [0.05, 0.1) is 17.7 Å². The number of hydrogen-bond donors (Lipinski definition) is 1. The van der Waals surface area contributed by atoms with Crippen LogP contribution in [0.4, 0.5) is 0 Å². The lowest BCUT2D eigenvalue weighted by Crippen LogP contribution is -2.46. The standard InChI is InChI=1S/C27H38N2O3S/c1-21(23-14-16-25(17-15-23)27(2,3)4)28-26(30)24-13-8-18-29(20-24)33(31,32)19-9-12-22-10-6-5-7-11-22/h5-7,10-11,14-17,21,24H,8-9,12-13,18-20H2,1-4H3,(H,28,30). The Kier molecular flexibility index (Phi) is 8.35. The van der Waals surface area contributed by atoms with Gasteiger partial charge in [-0.05, 0) is 54.7 Å². The number of nitrogens with one attached hydrogen (secondary N) is 1. The van der Waals surface area contributed by atoms with Gasteiger partial charge in [0.1, 0.15) is 0 Å². The maximum Gasteiger partial charge on any atom is 0.224 e. The average molecular weight is 471 g/mol. The summed E-state index contributed by atoms with van der Waals surface area (Å²) in [5, 5.41) is 3.10. The molecule has 1 amide bonds. The molecule has 33 heavy (non-hydrogen) atoms. The zero-order chi connectivity index (χ0) is 24.1. The highest BCUT2D eigenvalue weighted by molar-refractivity contribution is 7.89. The van der Waals surface area contributed by atoms with E-state index in [2.05, 4.69) is 50.4 Å². The SMILES string of the molecule is CC(NC(=O)C1CCCN(S(=O)(=O)CCCc2ccccc2)C1)c1ccc(C(C)(C)C)cc1. The molecule has 0 spiro atoms. The second kappa shape index (κ2) is 10.8. The van der Waals surface area contributed by atoms with E-state index < -0.39 is 10.0 Å². The molecule has 1 aliphatic rings. The molecule has 1 fully saturated rings. The summed E-state index contributed by atoms with van der Waals surface area (Å²) >= 11 is 0. The van der Waals surface area contributed by atoms with Crippen molar-refractivity contribution in [3.63, 3.8) is 0 Å². The molecular weight excluding hydrogens is 432 g/mol. The van der Waals surface area contributed by atoms with Crippen molar-refractivity contribution in [2.45, 2.75) is 64.8 Å². The van der Waals surface area contributed by atoms with E-state index in [4.69, 9.17) is 0 Å². The van der Waals surface area contributed by atoms with Crippen LogP contribution in [0, 0.1) is 5.92 Å². The normalized spacial score (nSPS) is 18.6. The number of benzene rings is 2. The van der Waals surface area contributed by atoms with Crippen molar-refractivity contribution >= 4 is 15.9 Å². The van der Waals surface area contributed by atoms with Gasteiger partial charge in [-0.1, -0.05) is 75.4 Å². The van der Waals surface area contributed by atoms with Crippen LogP contribution in [-0.4, -0.2) is 37.5 Å². The Morgan fingerprint density at radius 1 is 1.09 bits per heavy atom. The lowest BCUT2D eigenvalue weighted by Gasteiger charge is -2.32. The quantitative estimate of drug-likeness (QED) is 0.601. The molecule has 0 aliphatic carbocycles. The van der Waals surface area contributed by atoms with Crippen molar-refractivity contribution in [3.05, 3.63) is 71.3 Å². The van der Waals surface area contributed by atoms with Gasteiger partial charge in [0.2, 0.25) is 15.9 Å². The number of carbonyl (C=O) groups excluding carboxylic acids is 1. The molecule has 3 rings (SSSR count). The minimum Gasteiger partial charge on any atom is -0.349 e. The second-order valence-corrected chi connectivity index (χ2v) is 12.3. The van der Waals surface area contributed by atoms with E-state index in [0.717, 1.165) is 24.0 Å². The largest absolute Gasteiger partial charge is 0.349 e. The summed E-state index contributed by atoms with van der Waals surface area (Å²) in [5.41, 5.74) is 3.54. The molecule has 1 heterocycles. The van der Waals surface area contributed by atoms with Gasteiger partial charge in [-0.3, -0.25) is 4.79 Å². The fourth-order valence-electron chi connectivity index (χ4n) is 4.33. The van der Waals surface area contributed by atoms with Gasteiger partial charge in [-0.15, -0.1) is 0 Å². The minimum absolute atomic E-state index is 0.0633. The van der Waals surface area contributed by atoms with E-state index in [-0.39, 0.29) is 35.6 Å². The minimum atomic E-state index is -3.37. The smallest absolute Gasteiger partial charge is 0.224 e. The third-order valence-corrected chi connectivity index (χ3v) is 8.42. The van der Waals surface area contributed by atoms with Crippen LogP contribution in [-0.2, 0) is 26.7 Å². The van der Waals surface area contributed by atoms with Crippen LogP contribution in [0.1, 0.15) is 69.7 Å². The number of nitrogens with zero attached hydrogens (tertiary/aromatic N) is 1. The predicted molar refractivity (Wildman–Crippen MR) is 135 cm³/mol. The first-order chi connectivity index (χ1) is 15.6. The summed E-state index contributed by atoms with van der Waals surface area (Å²) in [5.74, 6) is -0.252. The van der Waals surface area contributed by atoms with E-state index in [1.165, 1.54) is 9.87 Å². The van der Waals surface area contributed by atoms with Gasteiger partial charge in [0, 0.05) is 13.1 Å². The van der Waals surface area contributed by atoms with Crippen molar-refractivity contribution in [1.82, 2.24) is 9.62 Å². The van der Waals surface area contributed by atoms with Crippen molar-refractivity contribution < 1.29 is 13.2 Å². The lowest BCUT2D eigenvalue weighted by molar-refractivity contribution is -0.126. The summed E-state index contributed by atoms with van der Waals surface area (Å²) < 4.78 is 27.3. The van der Waals surface area contributed by atoms with Gasteiger partial charge in [0.25, 0.3) is 0 Å². The molecule has 1 saturated heterocycles. The van der Waals surface area contributed by atoms with E-state index in [0.29, 0.717) is 19.4 Å². The summed E-state index contributed by atoms with van der Waals surface area (Å²) in [7, 11) is -3.37. The van der Waals surface area contributed by atoms with Crippen LogP contribution in [0.2, 0.25) is 0 Å². The van der Waals surface area contributed by atoms with Gasteiger partial charge < -0.3 is 5.32 Å². The number of carbonyl (C=O) groups is 1. The summed E-state index contributed by atoms with van der Waals surface area (Å²) in [6, 6.07) is 18.2. The molecule has 6 heteroatoms. The topological polar surface area (TPSA) is 66.5 Å². The second-order valence-electron chi connectivity index (χ2n) is 10.2. The highest BCUT2D eigenvalue weighted by atomic mass is 32.2. The molecule has 180 valence electrons. The van der Waals surface area contributed by atoms with Gasteiger partial charge >= 0.3 is 0 Å². The highest BCUT2D eigenvalue weighted by Gasteiger charge is 2.32. The molecule has 0 bridgehead atoms. The fourth-order valence-corrected chi connectivity index (χ4v) is 5.91. The van der Waals surface area contributed by atoms with Crippen molar-refractivity contribution in [3.8, 4) is 0 Å². The fraction of sp³-hybridized carbons (Fsp3) is 0.519. The number of piperidine rings is 1. The summed E-state index contributed by atoms with van der Waals surface area (Å²) in [6.45, 7) is 9.29. The molecule has 2 unspecified atom stereocenters. The average Bonchev–Trinajstić information content (AvgIpc) is 2.79. The van der Waals surface area contributed by atoms with Crippen molar-refractivity contribution in [2.75, 3.05) is 18.8 Å². The third-order valence-electron chi connectivity index (χ3n) is 6.49. The van der Waals surface area contributed by atoms with E-state index in [9.17, 15) is 13.2 Å². The molecule has 2 atom stereocenters. The van der Waals surface area contributed by atoms with Crippen molar-refractivity contribution in [1.29, 1.82) is 0 Å². The molecule has 1 aliphatic heterocycles. The van der Waals surface area contributed by atoms with E-state index in [1.807, 2.05) is 37.3 Å². The lowest BCUT2D eigenvalue weighted by atomic mass is 9.86. The molecule has 2 aromatic carbocycles. The van der Waals surface area contributed by atoms with Crippen LogP contribution >= 0.6 is 0 Å². The van der Waals surface area contributed by atoms with Gasteiger partial charge in [0.15, 0.2) is 0 Å².